The second-order valence-corrected chi connectivity index (χ2v) is 8.54. The molecule has 1 amide bonds. The molecule has 194 valence electrons. The molecule has 0 spiro atoms. The van der Waals surface area contributed by atoms with Crippen LogP contribution in [0.3, 0.4) is 0 Å². The smallest absolute Gasteiger partial charge is 0.339 e. The third-order valence-electron chi connectivity index (χ3n) is 6.08. The maximum Gasteiger partial charge on any atom is 0.339 e. The maximum atomic E-state index is 13.3. The van der Waals surface area contributed by atoms with Crippen molar-refractivity contribution >= 4 is 28.5 Å². The molecule has 0 saturated heterocycles. The highest BCUT2D eigenvalue weighted by Gasteiger charge is 2.23. The number of hydrogen-bond acceptors (Lipinski definition) is 8. The maximum absolute atomic E-state index is 13.3. The van der Waals surface area contributed by atoms with Gasteiger partial charge in [-0.1, -0.05) is 18.2 Å². The van der Waals surface area contributed by atoms with Crippen LogP contribution in [-0.2, 0) is 9.53 Å². The minimum absolute atomic E-state index is 0.291. The monoisotopic (exact) mass is 514 g/mol. The molecule has 38 heavy (non-hydrogen) atoms. The summed E-state index contributed by atoms with van der Waals surface area (Å²) < 4.78 is 27.4. The minimum Gasteiger partial charge on any atom is -0.493 e. The van der Waals surface area contributed by atoms with Gasteiger partial charge in [0.15, 0.2) is 29.1 Å². The van der Waals surface area contributed by atoms with E-state index in [2.05, 4.69) is 5.32 Å². The number of amides is 1. The quantitative estimate of drug-likeness (QED) is 0.348. The summed E-state index contributed by atoms with van der Waals surface area (Å²) in [5, 5.41) is 3.37. The van der Waals surface area contributed by atoms with Gasteiger partial charge in [0.2, 0.25) is 0 Å². The van der Waals surface area contributed by atoms with Gasteiger partial charge in [-0.2, -0.15) is 0 Å². The molecular weight excluding hydrogens is 488 g/mol. The zero-order valence-corrected chi connectivity index (χ0v) is 21.1. The van der Waals surface area contributed by atoms with Crippen molar-refractivity contribution in [2.24, 2.45) is 0 Å². The lowest BCUT2D eigenvalue weighted by Gasteiger charge is -2.19. The Labute approximate surface area is 219 Å². The summed E-state index contributed by atoms with van der Waals surface area (Å²) in [7, 11) is 3.11. The molecule has 0 radical (unpaired) electrons. The van der Waals surface area contributed by atoms with Crippen LogP contribution in [0.25, 0.3) is 22.2 Å². The number of aromatic nitrogens is 1. The molecule has 1 aliphatic heterocycles. The van der Waals surface area contributed by atoms with Crippen molar-refractivity contribution < 1.29 is 33.3 Å². The summed E-state index contributed by atoms with van der Waals surface area (Å²) >= 11 is 0. The van der Waals surface area contributed by atoms with Crippen molar-refractivity contribution in [1.82, 2.24) is 4.98 Å². The van der Waals surface area contributed by atoms with Crippen molar-refractivity contribution in [2.45, 2.75) is 13.0 Å². The summed E-state index contributed by atoms with van der Waals surface area (Å²) in [6.45, 7) is 2.43. The van der Waals surface area contributed by atoms with Crippen LogP contribution >= 0.6 is 0 Å². The fraction of sp³-hybridized carbons (Fsp3) is 0.207. The third kappa shape index (κ3) is 5.04. The highest BCUT2D eigenvalue weighted by molar-refractivity contribution is 6.06. The molecule has 0 bridgehead atoms. The van der Waals surface area contributed by atoms with Gasteiger partial charge in [-0.15, -0.1) is 0 Å². The van der Waals surface area contributed by atoms with E-state index in [0.717, 1.165) is 5.56 Å². The number of nitrogens with one attached hydrogen (secondary N) is 1. The second kappa shape index (κ2) is 10.7. The molecule has 1 atom stereocenters. The molecule has 1 aliphatic rings. The number of rotatable bonds is 7. The first-order valence-corrected chi connectivity index (χ1v) is 12.0. The number of fused-ring (bicyclic) bond motifs is 2. The Morgan fingerprint density at radius 3 is 2.45 bits per heavy atom. The molecule has 4 aromatic rings. The van der Waals surface area contributed by atoms with Gasteiger partial charge in [-0.3, -0.25) is 4.79 Å². The molecule has 1 aromatic heterocycles. The molecule has 9 heteroatoms. The standard InChI is InChI=1S/C29H26N2O7/c1-17(28(32)30-19-9-11-25-27(15-19)37-13-12-36-25)38-29(33)21-16-23(31-22-7-5-4-6-20(21)22)18-8-10-24(34-2)26(14-18)35-3/h4-11,14-17H,12-13H2,1-3H3,(H,30,32)/t17-/m1/s1. The number of nitrogens with zero attached hydrogens (tertiary/aromatic N) is 1. The molecule has 0 aliphatic carbocycles. The van der Waals surface area contributed by atoms with E-state index in [0.29, 0.717) is 64.1 Å². The zero-order valence-electron chi connectivity index (χ0n) is 21.1. The van der Waals surface area contributed by atoms with Crippen molar-refractivity contribution in [3.8, 4) is 34.3 Å². The summed E-state index contributed by atoms with van der Waals surface area (Å²) in [4.78, 5) is 30.9. The van der Waals surface area contributed by atoms with Crippen molar-refractivity contribution in [2.75, 3.05) is 32.8 Å². The Bertz CT molecular complexity index is 1520. The number of hydrogen-bond donors (Lipinski definition) is 1. The number of para-hydroxylation sites is 1. The summed E-state index contributed by atoms with van der Waals surface area (Å²) in [5.74, 6) is 1.15. The SMILES string of the molecule is COc1ccc(-c2cc(C(=O)O[C@H](C)C(=O)Nc3ccc4c(c3)OCCO4)c3ccccc3n2)cc1OC. The van der Waals surface area contributed by atoms with Gasteiger partial charge >= 0.3 is 5.97 Å². The number of pyridine rings is 1. The predicted molar refractivity (Wildman–Crippen MR) is 141 cm³/mol. The first-order chi connectivity index (χ1) is 18.5. The third-order valence-corrected chi connectivity index (χ3v) is 6.08. The highest BCUT2D eigenvalue weighted by atomic mass is 16.6. The van der Waals surface area contributed by atoms with Gasteiger partial charge in [-0.05, 0) is 49.4 Å². The normalized spacial score (nSPS) is 12.9. The van der Waals surface area contributed by atoms with Crippen LogP contribution in [0.5, 0.6) is 23.0 Å². The Morgan fingerprint density at radius 1 is 0.895 bits per heavy atom. The number of benzene rings is 3. The topological polar surface area (TPSA) is 105 Å². The first-order valence-electron chi connectivity index (χ1n) is 12.0. The van der Waals surface area contributed by atoms with E-state index in [1.54, 1.807) is 56.7 Å². The number of carbonyl (C=O) groups is 2. The fourth-order valence-corrected chi connectivity index (χ4v) is 4.13. The number of methoxy groups -OCH3 is 2. The second-order valence-electron chi connectivity index (χ2n) is 8.54. The molecule has 9 nitrogen and oxygen atoms in total. The van der Waals surface area contributed by atoms with Gasteiger partial charge in [0.25, 0.3) is 5.91 Å². The van der Waals surface area contributed by atoms with Crippen LogP contribution in [-0.4, -0.2) is 50.4 Å². The molecule has 2 heterocycles. The lowest BCUT2D eigenvalue weighted by atomic mass is 10.0. The van der Waals surface area contributed by atoms with Crippen molar-refractivity contribution in [1.29, 1.82) is 0 Å². The van der Waals surface area contributed by atoms with Crippen LogP contribution in [0.15, 0.2) is 66.7 Å². The van der Waals surface area contributed by atoms with Crippen molar-refractivity contribution in [3.05, 3.63) is 72.3 Å². The molecule has 5 rings (SSSR count). The molecule has 0 saturated carbocycles. The van der Waals surface area contributed by atoms with Crippen LogP contribution in [0.2, 0.25) is 0 Å². The van der Waals surface area contributed by atoms with E-state index in [4.69, 9.17) is 28.7 Å². The van der Waals surface area contributed by atoms with E-state index >= 15 is 0 Å². The van der Waals surface area contributed by atoms with Gasteiger partial charge in [-0.25, -0.2) is 9.78 Å². The van der Waals surface area contributed by atoms with Gasteiger partial charge in [0.1, 0.15) is 13.2 Å². The van der Waals surface area contributed by atoms with Gasteiger partial charge < -0.3 is 29.0 Å². The molecule has 0 unspecified atom stereocenters. The highest BCUT2D eigenvalue weighted by Crippen LogP contribution is 2.34. The molecule has 1 N–H and O–H groups in total. The van der Waals surface area contributed by atoms with Crippen LogP contribution in [0.4, 0.5) is 5.69 Å². The number of anilines is 1. The van der Waals surface area contributed by atoms with Crippen LogP contribution in [0.1, 0.15) is 17.3 Å². The lowest BCUT2D eigenvalue weighted by Crippen LogP contribution is -2.30. The largest absolute Gasteiger partial charge is 0.493 e. The fourth-order valence-electron chi connectivity index (χ4n) is 4.13. The van der Waals surface area contributed by atoms with Crippen LogP contribution in [0, 0.1) is 0 Å². The van der Waals surface area contributed by atoms with E-state index in [-0.39, 0.29) is 0 Å². The van der Waals surface area contributed by atoms with Crippen LogP contribution < -0.4 is 24.3 Å². The van der Waals surface area contributed by atoms with Gasteiger partial charge in [0, 0.05) is 22.7 Å². The Balaban J connectivity index is 1.39. The zero-order chi connectivity index (χ0) is 26.6. The molecule has 0 fully saturated rings. The van der Waals surface area contributed by atoms with Gasteiger partial charge in [0.05, 0.1) is 31.0 Å². The van der Waals surface area contributed by atoms with E-state index in [9.17, 15) is 9.59 Å². The summed E-state index contributed by atoms with van der Waals surface area (Å²) in [5.41, 5.74) is 2.68. The number of esters is 1. The Kier molecular flexibility index (Phi) is 6.99. The minimum atomic E-state index is -1.06. The van der Waals surface area contributed by atoms with E-state index in [1.165, 1.54) is 6.92 Å². The Morgan fingerprint density at radius 2 is 1.66 bits per heavy atom. The average molecular weight is 515 g/mol. The molecule has 3 aromatic carbocycles. The predicted octanol–water partition coefficient (Wildman–Crippen LogP) is 4.87. The van der Waals surface area contributed by atoms with E-state index < -0.39 is 18.0 Å². The Hall–Kier alpha value is -4.79. The summed E-state index contributed by atoms with van der Waals surface area (Å²) in [6.07, 6.45) is -1.06. The summed E-state index contributed by atoms with van der Waals surface area (Å²) in [6, 6.07) is 19.4. The lowest BCUT2D eigenvalue weighted by molar-refractivity contribution is -0.123. The number of carbonyl (C=O) groups excluding carboxylic acids is 2. The first kappa shape index (κ1) is 24.9. The number of ether oxygens (including phenoxy) is 5. The average Bonchev–Trinajstić information content (AvgIpc) is 2.95. The molecular formula is C29H26N2O7. The van der Waals surface area contributed by atoms with Crippen molar-refractivity contribution in [3.63, 3.8) is 0 Å². The van der Waals surface area contributed by atoms with E-state index in [1.807, 2.05) is 24.3 Å².